The maximum absolute atomic E-state index is 13.1. The molecule has 0 rings (SSSR count). The number of rotatable bonds is 43. The van der Waals surface area contributed by atoms with Gasteiger partial charge >= 0.3 is 11.9 Å². The van der Waals surface area contributed by atoms with Crippen LogP contribution in [0.25, 0.3) is 0 Å². The molecule has 0 bridgehead atoms. The van der Waals surface area contributed by atoms with Crippen molar-refractivity contribution in [3.63, 3.8) is 0 Å². The summed E-state index contributed by atoms with van der Waals surface area (Å²) in [5.41, 5.74) is 0. The summed E-state index contributed by atoms with van der Waals surface area (Å²) in [5.74, 6) is -0.785. The number of hydrogen-bond donors (Lipinski definition) is 0. The molecule has 0 saturated heterocycles. The largest absolute Gasteiger partial charge is 0.466 e. The van der Waals surface area contributed by atoms with Gasteiger partial charge in [-0.05, 0) is 44.9 Å². The number of hydrogen-bond acceptors (Lipinski definition) is 4. The van der Waals surface area contributed by atoms with E-state index in [9.17, 15) is 9.59 Å². The van der Waals surface area contributed by atoms with E-state index in [0.717, 1.165) is 44.9 Å². The summed E-state index contributed by atoms with van der Waals surface area (Å²) in [7, 11) is 0. The normalized spacial score (nSPS) is 12.1. The first-order valence-corrected chi connectivity index (χ1v) is 23.6. The van der Waals surface area contributed by atoms with Crippen molar-refractivity contribution in [2.75, 3.05) is 13.2 Å². The standard InChI is InChI=1S/C48H92O4/c1-4-7-10-13-16-19-22-23-24-25-26-27-28-29-30-33-36-39-42-46(48(50)52-44-41-38-35-32-21-18-15-12-9-6-3)45-47(49)51-43-40-37-34-31-20-17-14-11-8-5-2/h25-26,46H,4-24,27-45H2,1-3H3/b26-25+. The van der Waals surface area contributed by atoms with Crippen LogP contribution in [0.15, 0.2) is 12.2 Å². The molecule has 0 heterocycles. The molecule has 0 aromatic rings. The molecule has 1 atom stereocenters. The van der Waals surface area contributed by atoms with Crippen LogP contribution >= 0.6 is 0 Å². The van der Waals surface area contributed by atoms with Crippen molar-refractivity contribution in [2.45, 2.75) is 265 Å². The maximum Gasteiger partial charge on any atom is 0.309 e. The Kier molecular flexibility index (Phi) is 43.0. The van der Waals surface area contributed by atoms with Crippen molar-refractivity contribution in [3.05, 3.63) is 12.2 Å². The maximum atomic E-state index is 13.1. The molecule has 0 aliphatic heterocycles. The molecule has 0 amide bonds. The molecule has 0 saturated carbocycles. The van der Waals surface area contributed by atoms with E-state index >= 15 is 0 Å². The number of ether oxygens (including phenoxy) is 2. The lowest BCUT2D eigenvalue weighted by molar-refractivity contribution is -0.155. The van der Waals surface area contributed by atoms with Crippen molar-refractivity contribution in [3.8, 4) is 0 Å². The molecule has 4 heteroatoms. The molecule has 4 nitrogen and oxygen atoms in total. The Balaban J connectivity index is 4.21. The highest BCUT2D eigenvalue weighted by Gasteiger charge is 2.24. The molecule has 0 spiro atoms. The molecule has 0 aliphatic rings. The van der Waals surface area contributed by atoms with Crippen molar-refractivity contribution < 1.29 is 19.1 Å². The molecule has 0 N–H and O–H groups in total. The van der Waals surface area contributed by atoms with Crippen molar-refractivity contribution in [1.82, 2.24) is 0 Å². The van der Waals surface area contributed by atoms with E-state index in [1.54, 1.807) is 0 Å². The van der Waals surface area contributed by atoms with Gasteiger partial charge in [0.2, 0.25) is 0 Å². The summed E-state index contributed by atoms with van der Waals surface area (Å²) in [6, 6.07) is 0. The van der Waals surface area contributed by atoms with Gasteiger partial charge in [0.15, 0.2) is 0 Å². The number of carbonyl (C=O) groups is 2. The quantitative estimate of drug-likeness (QED) is 0.0356. The first-order chi connectivity index (χ1) is 25.7. The topological polar surface area (TPSA) is 52.6 Å². The minimum Gasteiger partial charge on any atom is -0.466 e. The molecule has 1 unspecified atom stereocenters. The average molecular weight is 733 g/mol. The summed E-state index contributed by atoms with van der Waals surface area (Å²) in [6.07, 6.45) is 51.6. The minimum absolute atomic E-state index is 0.167. The zero-order valence-corrected chi connectivity index (χ0v) is 35.6. The Labute approximate surface area is 326 Å². The Morgan fingerprint density at radius 2 is 0.692 bits per heavy atom. The predicted octanol–water partition coefficient (Wildman–Crippen LogP) is 16.1. The zero-order valence-electron chi connectivity index (χ0n) is 35.6. The van der Waals surface area contributed by atoms with E-state index in [4.69, 9.17) is 9.47 Å². The number of allylic oxidation sites excluding steroid dienone is 2. The average Bonchev–Trinajstić information content (AvgIpc) is 3.14. The van der Waals surface area contributed by atoms with Crippen LogP contribution in [0.4, 0.5) is 0 Å². The van der Waals surface area contributed by atoms with Gasteiger partial charge in [0.1, 0.15) is 0 Å². The van der Waals surface area contributed by atoms with Crippen LogP contribution in [-0.2, 0) is 19.1 Å². The van der Waals surface area contributed by atoms with Gasteiger partial charge in [-0.3, -0.25) is 9.59 Å². The fraction of sp³-hybridized carbons (Fsp3) is 0.917. The van der Waals surface area contributed by atoms with Gasteiger partial charge in [-0.15, -0.1) is 0 Å². The van der Waals surface area contributed by atoms with E-state index in [2.05, 4.69) is 32.9 Å². The van der Waals surface area contributed by atoms with Crippen molar-refractivity contribution in [2.24, 2.45) is 5.92 Å². The van der Waals surface area contributed by atoms with Gasteiger partial charge in [-0.2, -0.15) is 0 Å². The first-order valence-electron chi connectivity index (χ1n) is 23.6. The number of carbonyl (C=O) groups excluding carboxylic acids is 2. The smallest absolute Gasteiger partial charge is 0.309 e. The van der Waals surface area contributed by atoms with Crippen LogP contribution in [-0.4, -0.2) is 25.2 Å². The molecule has 52 heavy (non-hydrogen) atoms. The fourth-order valence-electron chi connectivity index (χ4n) is 7.21. The Morgan fingerprint density at radius 1 is 0.385 bits per heavy atom. The van der Waals surface area contributed by atoms with Gasteiger partial charge in [-0.1, -0.05) is 226 Å². The van der Waals surface area contributed by atoms with Crippen molar-refractivity contribution in [1.29, 1.82) is 0 Å². The van der Waals surface area contributed by atoms with Gasteiger partial charge in [0.25, 0.3) is 0 Å². The highest BCUT2D eigenvalue weighted by Crippen LogP contribution is 2.20. The van der Waals surface area contributed by atoms with Crippen LogP contribution in [0.1, 0.15) is 265 Å². The summed E-state index contributed by atoms with van der Waals surface area (Å²) in [4.78, 5) is 25.8. The lowest BCUT2D eigenvalue weighted by atomic mass is 9.97. The molecule has 0 aromatic carbocycles. The Hall–Kier alpha value is -1.32. The SMILES string of the molecule is CCCCCCCCCC/C=C/CCCCCCCCC(CC(=O)OCCCCCCCCCCCC)C(=O)OCCCCCCCCCCCC. The molecular formula is C48H92O4. The van der Waals surface area contributed by atoms with Gasteiger partial charge in [-0.25, -0.2) is 0 Å². The molecule has 0 radical (unpaired) electrons. The lowest BCUT2D eigenvalue weighted by Crippen LogP contribution is -2.23. The highest BCUT2D eigenvalue weighted by atomic mass is 16.5. The van der Waals surface area contributed by atoms with Gasteiger partial charge < -0.3 is 9.47 Å². The summed E-state index contributed by atoms with van der Waals surface area (Å²) < 4.78 is 11.3. The zero-order chi connectivity index (χ0) is 37.8. The third-order valence-electron chi connectivity index (χ3n) is 10.8. The predicted molar refractivity (Wildman–Crippen MR) is 227 cm³/mol. The molecule has 0 aliphatic carbocycles. The number of unbranched alkanes of at least 4 members (excludes halogenated alkanes) is 32. The summed E-state index contributed by atoms with van der Waals surface area (Å²) in [6.45, 7) is 7.77. The van der Waals surface area contributed by atoms with Crippen molar-refractivity contribution >= 4 is 11.9 Å². The minimum atomic E-state index is -0.366. The monoisotopic (exact) mass is 733 g/mol. The van der Waals surface area contributed by atoms with Crippen LogP contribution in [0.2, 0.25) is 0 Å². The summed E-state index contributed by atoms with van der Waals surface area (Å²) in [5, 5.41) is 0. The van der Waals surface area contributed by atoms with Crippen LogP contribution in [0.5, 0.6) is 0 Å². The Morgan fingerprint density at radius 3 is 1.08 bits per heavy atom. The van der Waals surface area contributed by atoms with Crippen LogP contribution < -0.4 is 0 Å². The molecular weight excluding hydrogens is 641 g/mol. The second-order valence-electron chi connectivity index (χ2n) is 16.1. The first kappa shape index (κ1) is 50.7. The van der Waals surface area contributed by atoms with E-state index in [1.807, 2.05) is 0 Å². The lowest BCUT2D eigenvalue weighted by Gasteiger charge is -2.16. The van der Waals surface area contributed by atoms with Gasteiger partial charge in [0.05, 0.1) is 25.6 Å². The highest BCUT2D eigenvalue weighted by molar-refractivity contribution is 5.79. The van der Waals surface area contributed by atoms with Crippen LogP contribution in [0, 0.1) is 5.92 Å². The third kappa shape index (κ3) is 39.9. The molecule has 0 aromatic heterocycles. The fourth-order valence-corrected chi connectivity index (χ4v) is 7.21. The van der Waals surface area contributed by atoms with E-state index in [1.165, 1.54) is 193 Å². The number of esters is 2. The second kappa shape index (κ2) is 44.1. The molecule has 308 valence electrons. The summed E-state index contributed by atoms with van der Waals surface area (Å²) >= 11 is 0. The Bertz CT molecular complexity index is 747. The van der Waals surface area contributed by atoms with Gasteiger partial charge in [0, 0.05) is 0 Å². The second-order valence-corrected chi connectivity index (χ2v) is 16.1. The van der Waals surface area contributed by atoms with E-state index in [0.29, 0.717) is 13.2 Å². The van der Waals surface area contributed by atoms with E-state index in [-0.39, 0.29) is 24.3 Å². The van der Waals surface area contributed by atoms with E-state index < -0.39 is 0 Å². The van der Waals surface area contributed by atoms with Crippen LogP contribution in [0.3, 0.4) is 0 Å². The third-order valence-corrected chi connectivity index (χ3v) is 10.8. The molecule has 0 fully saturated rings.